The lowest BCUT2D eigenvalue weighted by Crippen LogP contribution is -2.56. The van der Waals surface area contributed by atoms with Gasteiger partial charge in [-0.05, 0) is 39.7 Å². The highest BCUT2D eigenvalue weighted by Gasteiger charge is 2.27. The molecule has 0 aliphatic heterocycles. The maximum Gasteiger partial charge on any atom is 0.328 e. The van der Waals surface area contributed by atoms with Crippen LogP contribution >= 0.6 is 0 Å². The summed E-state index contributed by atoms with van der Waals surface area (Å²) in [6.07, 6.45) is 1.55. The second-order valence-electron chi connectivity index (χ2n) is 5.95. The molecule has 0 saturated carbocycles. The Morgan fingerprint density at radius 3 is 1.96 bits per heavy atom. The Bertz CT molecular complexity index is 499. The Balaban J connectivity index is 4.84. The smallest absolute Gasteiger partial charge is 0.328 e. The molecule has 3 amide bonds. The number of carbonyl (C=O) groups is 4. The van der Waals surface area contributed by atoms with Crippen LogP contribution in [0.2, 0.25) is 0 Å². The number of aliphatic carboxylic acids is 1. The summed E-state index contributed by atoms with van der Waals surface area (Å²) in [5, 5.41) is 24.7. The molecule has 0 spiro atoms. The Hall–Kier alpha value is -2.24. The van der Waals surface area contributed by atoms with Gasteiger partial charge in [0.1, 0.15) is 18.1 Å². The summed E-state index contributed by atoms with van der Waals surface area (Å²) >= 11 is 0. The molecule has 0 radical (unpaired) electrons. The molecule has 0 heterocycles. The average Bonchev–Trinajstić information content (AvgIpc) is 2.57. The standard InChI is InChI=1S/C15H29N5O6/c1-8(17)12(22)19-10(5-3-4-6-16)14(24)18-9(2)13(23)20-11(7-21)15(25)26/h8-11,21H,3-7,16-17H2,1-2H3,(H,18,24)(H,19,22)(H,20,23)(H,25,26). The van der Waals surface area contributed by atoms with Crippen molar-refractivity contribution in [1.29, 1.82) is 0 Å². The van der Waals surface area contributed by atoms with Crippen LogP contribution in [0.1, 0.15) is 33.1 Å². The van der Waals surface area contributed by atoms with Crippen LogP contribution in [0, 0.1) is 0 Å². The molecule has 11 heteroatoms. The first-order valence-electron chi connectivity index (χ1n) is 8.34. The van der Waals surface area contributed by atoms with Gasteiger partial charge in [0, 0.05) is 0 Å². The van der Waals surface area contributed by atoms with Crippen molar-refractivity contribution in [3.8, 4) is 0 Å². The third kappa shape index (κ3) is 8.74. The van der Waals surface area contributed by atoms with Crippen LogP contribution in [-0.4, -0.2) is 71.2 Å². The number of carbonyl (C=O) groups excluding carboxylic acids is 3. The van der Waals surface area contributed by atoms with Crippen molar-refractivity contribution in [2.75, 3.05) is 13.2 Å². The molecular weight excluding hydrogens is 346 g/mol. The van der Waals surface area contributed by atoms with Crippen molar-refractivity contribution >= 4 is 23.7 Å². The summed E-state index contributed by atoms with van der Waals surface area (Å²) in [6.45, 7) is 2.48. The largest absolute Gasteiger partial charge is 0.480 e. The molecule has 0 rings (SSSR count). The predicted octanol–water partition coefficient (Wildman–Crippen LogP) is -2.99. The monoisotopic (exact) mass is 375 g/mol. The Morgan fingerprint density at radius 1 is 0.923 bits per heavy atom. The number of nitrogens with two attached hydrogens (primary N) is 2. The number of hydrogen-bond acceptors (Lipinski definition) is 7. The summed E-state index contributed by atoms with van der Waals surface area (Å²) in [5.41, 5.74) is 10.9. The van der Waals surface area contributed by atoms with Crippen molar-refractivity contribution in [2.24, 2.45) is 11.5 Å². The zero-order chi connectivity index (χ0) is 20.3. The Morgan fingerprint density at radius 2 is 1.50 bits per heavy atom. The highest BCUT2D eigenvalue weighted by atomic mass is 16.4. The fraction of sp³-hybridized carbons (Fsp3) is 0.733. The van der Waals surface area contributed by atoms with Crippen molar-refractivity contribution < 1.29 is 29.4 Å². The van der Waals surface area contributed by atoms with E-state index in [9.17, 15) is 19.2 Å². The van der Waals surface area contributed by atoms with Crippen LogP contribution in [0.3, 0.4) is 0 Å². The minimum Gasteiger partial charge on any atom is -0.480 e. The lowest BCUT2D eigenvalue weighted by atomic mass is 10.1. The predicted molar refractivity (Wildman–Crippen MR) is 92.7 cm³/mol. The Kier molecular flexibility index (Phi) is 11.1. The number of unbranched alkanes of at least 4 members (excludes halogenated alkanes) is 1. The summed E-state index contributed by atoms with van der Waals surface area (Å²) in [6, 6.07) is -4.25. The molecule has 11 nitrogen and oxygen atoms in total. The van der Waals surface area contributed by atoms with Crippen LogP contribution in [0.5, 0.6) is 0 Å². The second kappa shape index (κ2) is 12.2. The molecule has 0 aromatic rings. The van der Waals surface area contributed by atoms with Gasteiger partial charge in [0.25, 0.3) is 0 Å². The number of carboxylic acids is 1. The maximum absolute atomic E-state index is 12.4. The van der Waals surface area contributed by atoms with E-state index < -0.39 is 54.5 Å². The van der Waals surface area contributed by atoms with Gasteiger partial charge < -0.3 is 37.6 Å². The van der Waals surface area contributed by atoms with Crippen LogP contribution in [0.25, 0.3) is 0 Å². The van der Waals surface area contributed by atoms with Crippen LogP contribution in [-0.2, 0) is 19.2 Å². The highest BCUT2D eigenvalue weighted by molar-refractivity contribution is 5.93. The van der Waals surface area contributed by atoms with Crippen LogP contribution in [0.15, 0.2) is 0 Å². The van der Waals surface area contributed by atoms with E-state index in [1.807, 2.05) is 0 Å². The molecule has 0 aliphatic rings. The molecule has 26 heavy (non-hydrogen) atoms. The number of hydrogen-bond donors (Lipinski definition) is 7. The molecule has 9 N–H and O–H groups in total. The lowest BCUT2D eigenvalue weighted by molar-refractivity contribution is -0.143. The van der Waals surface area contributed by atoms with E-state index in [1.165, 1.54) is 13.8 Å². The molecule has 0 aromatic heterocycles. The van der Waals surface area contributed by atoms with Crippen molar-refractivity contribution in [1.82, 2.24) is 16.0 Å². The fourth-order valence-corrected chi connectivity index (χ4v) is 1.93. The molecule has 150 valence electrons. The topological polar surface area (TPSA) is 197 Å². The van der Waals surface area contributed by atoms with E-state index in [2.05, 4.69) is 16.0 Å². The van der Waals surface area contributed by atoms with Gasteiger partial charge in [-0.2, -0.15) is 0 Å². The number of carboxylic acid groups (broad SMARTS) is 1. The first-order chi connectivity index (χ1) is 12.1. The molecular formula is C15H29N5O6. The highest BCUT2D eigenvalue weighted by Crippen LogP contribution is 2.02. The van der Waals surface area contributed by atoms with E-state index >= 15 is 0 Å². The van der Waals surface area contributed by atoms with Gasteiger partial charge in [0.05, 0.1) is 12.6 Å². The summed E-state index contributed by atoms with van der Waals surface area (Å²) in [5.74, 6) is -3.29. The molecule has 0 aromatic carbocycles. The van der Waals surface area contributed by atoms with Gasteiger partial charge in [0.2, 0.25) is 17.7 Å². The van der Waals surface area contributed by atoms with E-state index in [1.54, 1.807) is 0 Å². The number of aliphatic hydroxyl groups is 1. The van der Waals surface area contributed by atoms with Gasteiger partial charge in [-0.25, -0.2) is 4.79 Å². The average molecular weight is 375 g/mol. The van der Waals surface area contributed by atoms with Gasteiger partial charge in [-0.1, -0.05) is 0 Å². The first kappa shape index (κ1) is 23.8. The second-order valence-corrected chi connectivity index (χ2v) is 5.95. The number of rotatable bonds is 12. The van der Waals surface area contributed by atoms with Crippen molar-refractivity contribution in [2.45, 2.75) is 57.3 Å². The van der Waals surface area contributed by atoms with Crippen LogP contribution < -0.4 is 27.4 Å². The van der Waals surface area contributed by atoms with E-state index in [0.29, 0.717) is 25.8 Å². The summed E-state index contributed by atoms with van der Waals surface area (Å²) < 4.78 is 0. The minimum atomic E-state index is -1.47. The lowest BCUT2D eigenvalue weighted by Gasteiger charge is -2.22. The number of nitrogens with one attached hydrogen (secondary N) is 3. The molecule has 0 bridgehead atoms. The minimum absolute atomic E-state index is 0.310. The fourth-order valence-electron chi connectivity index (χ4n) is 1.93. The van der Waals surface area contributed by atoms with Gasteiger partial charge in [0.15, 0.2) is 0 Å². The first-order valence-corrected chi connectivity index (χ1v) is 8.34. The normalized spacial score (nSPS) is 15.3. The van der Waals surface area contributed by atoms with Gasteiger partial charge >= 0.3 is 5.97 Å². The number of aliphatic hydroxyl groups excluding tert-OH is 1. The Labute approximate surface area is 151 Å². The number of amides is 3. The molecule has 4 atom stereocenters. The summed E-state index contributed by atoms with van der Waals surface area (Å²) in [4.78, 5) is 46.9. The molecule has 0 aliphatic carbocycles. The quantitative estimate of drug-likeness (QED) is 0.175. The zero-order valence-corrected chi connectivity index (χ0v) is 15.0. The maximum atomic E-state index is 12.4. The van der Waals surface area contributed by atoms with Crippen molar-refractivity contribution in [3.63, 3.8) is 0 Å². The van der Waals surface area contributed by atoms with Gasteiger partial charge in [-0.15, -0.1) is 0 Å². The van der Waals surface area contributed by atoms with E-state index in [0.717, 1.165) is 0 Å². The zero-order valence-electron chi connectivity index (χ0n) is 15.0. The molecule has 0 fully saturated rings. The van der Waals surface area contributed by atoms with Crippen molar-refractivity contribution in [3.05, 3.63) is 0 Å². The summed E-state index contributed by atoms with van der Waals surface area (Å²) in [7, 11) is 0. The third-order valence-corrected chi connectivity index (χ3v) is 3.54. The third-order valence-electron chi connectivity index (χ3n) is 3.54. The van der Waals surface area contributed by atoms with Crippen LogP contribution in [0.4, 0.5) is 0 Å². The molecule has 4 unspecified atom stereocenters. The van der Waals surface area contributed by atoms with E-state index in [-0.39, 0.29) is 0 Å². The SMILES string of the molecule is CC(N)C(=O)NC(CCCCN)C(=O)NC(C)C(=O)NC(CO)C(=O)O. The van der Waals surface area contributed by atoms with Gasteiger partial charge in [-0.3, -0.25) is 14.4 Å². The molecule has 0 saturated heterocycles. The van der Waals surface area contributed by atoms with E-state index in [4.69, 9.17) is 21.7 Å².